The first kappa shape index (κ1) is 17.5. The topological polar surface area (TPSA) is 47.9 Å². The summed E-state index contributed by atoms with van der Waals surface area (Å²) in [5, 5.41) is 2.07. The maximum absolute atomic E-state index is 5.38. The van der Waals surface area contributed by atoms with Crippen molar-refractivity contribution < 1.29 is 4.74 Å². The standard InChI is InChI=1S/C24H17N3OS/c1-28-19-10-5-9-17(13-19)24-26-20-14-18(21-11-6-12-29-21)15-25-23(20)22(27-24)16-7-3-2-4-8-16/h2-15H,1H3. The monoisotopic (exact) mass is 395 g/mol. The fourth-order valence-electron chi connectivity index (χ4n) is 3.28. The number of methoxy groups -OCH3 is 1. The van der Waals surface area contributed by atoms with E-state index in [-0.39, 0.29) is 0 Å². The van der Waals surface area contributed by atoms with Crippen LogP contribution in [-0.2, 0) is 0 Å². The minimum atomic E-state index is 0.653. The average molecular weight is 395 g/mol. The molecule has 3 heterocycles. The summed E-state index contributed by atoms with van der Waals surface area (Å²) in [5.74, 6) is 1.43. The lowest BCUT2D eigenvalue weighted by Crippen LogP contribution is -1.97. The second-order valence-corrected chi connectivity index (χ2v) is 7.51. The first-order valence-electron chi connectivity index (χ1n) is 9.23. The van der Waals surface area contributed by atoms with Crippen LogP contribution in [0.1, 0.15) is 0 Å². The number of aromatic nitrogens is 3. The van der Waals surface area contributed by atoms with E-state index in [4.69, 9.17) is 19.7 Å². The molecule has 0 aliphatic rings. The molecule has 5 rings (SSSR count). The van der Waals surface area contributed by atoms with E-state index in [0.717, 1.165) is 39.2 Å². The van der Waals surface area contributed by atoms with Gasteiger partial charge < -0.3 is 4.74 Å². The smallest absolute Gasteiger partial charge is 0.160 e. The van der Waals surface area contributed by atoms with Crippen LogP contribution in [0.15, 0.2) is 84.4 Å². The Morgan fingerprint density at radius 1 is 0.793 bits per heavy atom. The Bertz CT molecular complexity index is 1280. The van der Waals surface area contributed by atoms with Crippen LogP contribution in [-0.4, -0.2) is 22.1 Å². The second-order valence-electron chi connectivity index (χ2n) is 6.56. The number of ether oxygens (including phenoxy) is 1. The molecule has 140 valence electrons. The average Bonchev–Trinajstić information content (AvgIpc) is 3.33. The van der Waals surface area contributed by atoms with Crippen LogP contribution in [0.25, 0.3) is 44.1 Å². The molecule has 5 heteroatoms. The SMILES string of the molecule is COc1cccc(-c2nc(-c3ccccc3)c3ncc(-c4cccs4)cc3n2)c1. The third-order valence-corrected chi connectivity index (χ3v) is 5.64. The lowest BCUT2D eigenvalue weighted by atomic mass is 10.1. The lowest BCUT2D eigenvalue weighted by Gasteiger charge is -2.10. The van der Waals surface area contributed by atoms with Crippen LogP contribution in [0.5, 0.6) is 5.75 Å². The van der Waals surface area contributed by atoms with E-state index in [2.05, 4.69) is 17.5 Å². The van der Waals surface area contributed by atoms with Crippen molar-refractivity contribution in [3.63, 3.8) is 0 Å². The van der Waals surface area contributed by atoms with Crippen molar-refractivity contribution in [1.82, 2.24) is 15.0 Å². The highest BCUT2D eigenvalue weighted by Gasteiger charge is 2.14. The first-order chi connectivity index (χ1) is 14.3. The molecule has 4 nitrogen and oxygen atoms in total. The predicted octanol–water partition coefficient (Wildman–Crippen LogP) is 6.10. The van der Waals surface area contributed by atoms with Gasteiger partial charge in [-0.1, -0.05) is 48.5 Å². The van der Waals surface area contributed by atoms with E-state index < -0.39 is 0 Å². The largest absolute Gasteiger partial charge is 0.497 e. The van der Waals surface area contributed by atoms with Gasteiger partial charge in [-0.25, -0.2) is 9.97 Å². The minimum Gasteiger partial charge on any atom is -0.497 e. The Balaban J connectivity index is 1.77. The van der Waals surface area contributed by atoms with Gasteiger partial charge in [-0.2, -0.15) is 0 Å². The van der Waals surface area contributed by atoms with Gasteiger partial charge in [0.1, 0.15) is 17.0 Å². The maximum Gasteiger partial charge on any atom is 0.160 e. The van der Waals surface area contributed by atoms with Gasteiger partial charge in [0.15, 0.2) is 5.82 Å². The van der Waals surface area contributed by atoms with E-state index in [1.165, 1.54) is 4.88 Å². The predicted molar refractivity (Wildman–Crippen MR) is 118 cm³/mol. The number of hydrogen-bond acceptors (Lipinski definition) is 5. The highest BCUT2D eigenvalue weighted by atomic mass is 32.1. The summed E-state index contributed by atoms with van der Waals surface area (Å²) in [5.41, 5.74) is 5.42. The van der Waals surface area contributed by atoms with Crippen molar-refractivity contribution in [2.24, 2.45) is 0 Å². The molecule has 0 bridgehead atoms. The molecule has 3 aromatic heterocycles. The van der Waals surface area contributed by atoms with Crippen LogP contribution in [0, 0.1) is 0 Å². The van der Waals surface area contributed by atoms with Crippen molar-refractivity contribution in [2.75, 3.05) is 7.11 Å². The number of benzene rings is 2. The summed E-state index contributed by atoms with van der Waals surface area (Å²) in [6, 6.07) is 24.1. The first-order valence-corrected chi connectivity index (χ1v) is 10.1. The summed E-state index contributed by atoms with van der Waals surface area (Å²) >= 11 is 1.69. The van der Waals surface area contributed by atoms with E-state index in [9.17, 15) is 0 Å². The molecule has 0 N–H and O–H groups in total. The van der Waals surface area contributed by atoms with Crippen LogP contribution in [0.4, 0.5) is 0 Å². The van der Waals surface area contributed by atoms with Crippen molar-refractivity contribution in [3.05, 3.63) is 84.4 Å². The Hall–Kier alpha value is -3.57. The van der Waals surface area contributed by atoms with Gasteiger partial charge in [0.2, 0.25) is 0 Å². The number of fused-ring (bicyclic) bond motifs is 1. The number of hydrogen-bond donors (Lipinski definition) is 0. The van der Waals surface area contributed by atoms with Gasteiger partial charge in [0.05, 0.1) is 12.6 Å². The normalized spacial score (nSPS) is 10.9. The Labute approximate surface area is 172 Å². The molecular weight excluding hydrogens is 378 g/mol. The number of thiophene rings is 1. The van der Waals surface area contributed by atoms with Gasteiger partial charge in [0, 0.05) is 27.8 Å². The summed E-state index contributed by atoms with van der Waals surface area (Å²) in [7, 11) is 1.66. The van der Waals surface area contributed by atoms with Crippen LogP contribution in [0.3, 0.4) is 0 Å². The molecular formula is C24H17N3OS. The zero-order chi connectivity index (χ0) is 19.6. The van der Waals surface area contributed by atoms with Gasteiger partial charge in [0.25, 0.3) is 0 Å². The Morgan fingerprint density at radius 3 is 2.45 bits per heavy atom. The minimum absolute atomic E-state index is 0.653. The fraction of sp³-hybridized carbons (Fsp3) is 0.0417. The molecule has 5 aromatic rings. The van der Waals surface area contributed by atoms with Gasteiger partial charge in [-0.3, -0.25) is 4.98 Å². The molecule has 0 unspecified atom stereocenters. The Morgan fingerprint density at radius 2 is 1.66 bits per heavy atom. The molecule has 0 saturated heterocycles. The lowest BCUT2D eigenvalue weighted by molar-refractivity contribution is 0.415. The summed E-state index contributed by atoms with van der Waals surface area (Å²) in [6.45, 7) is 0. The van der Waals surface area contributed by atoms with E-state index >= 15 is 0 Å². The van der Waals surface area contributed by atoms with Crippen molar-refractivity contribution >= 4 is 22.4 Å². The number of nitrogens with zero attached hydrogens (tertiary/aromatic N) is 3. The summed E-state index contributed by atoms with van der Waals surface area (Å²) in [4.78, 5) is 15.6. The molecule has 0 amide bonds. The number of pyridine rings is 1. The van der Waals surface area contributed by atoms with Gasteiger partial charge >= 0.3 is 0 Å². The molecule has 2 aromatic carbocycles. The number of rotatable bonds is 4. The van der Waals surface area contributed by atoms with Crippen molar-refractivity contribution in [3.8, 4) is 38.8 Å². The second kappa shape index (κ2) is 7.45. The van der Waals surface area contributed by atoms with E-state index in [1.54, 1.807) is 18.4 Å². The quantitative estimate of drug-likeness (QED) is 0.369. The molecule has 0 fully saturated rings. The van der Waals surface area contributed by atoms with Crippen molar-refractivity contribution in [2.45, 2.75) is 0 Å². The highest BCUT2D eigenvalue weighted by molar-refractivity contribution is 7.13. The highest BCUT2D eigenvalue weighted by Crippen LogP contribution is 2.32. The maximum atomic E-state index is 5.38. The zero-order valence-electron chi connectivity index (χ0n) is 15.7. The molecule has 29 heavy (non-hydrogen) atoms. The Kier molecular flexibility index (Phi) is 4.50. The summed E-state index contributed by atoms with van der Waals surface area (Å²) < 4.78 is 5.38. The van der Waals surface area contributed by atoms with Crippen LogP contribution in [0.2, 0.25) is 0 Å². The van der Waals surface area contributed by atoms with Crippen molar-refractivity contribution in [1.29, 1.82) is 0 Å². The van der Waals surface area contributed by atoms with Crippen LogP contribution < -0.4 is 4.74 Å². The van der Waals surface area contributed by atoms with E-state index in [0.29, 0.717) is 5.82 Å². The molecule has 0 atom stereocenters. The zero-order valence-corrected chi connectivity index (χ0v) is 16.6. The summed E-state index contributed by atoms with van der Waals surface area (Å²) in [6.07, 6.45) is 1.90. The van der Waals surface area contributed by atoms with Gasteiger partial charge in [-0.05, 0) is 29.6 Å². The van der Waals surface area contributed by atoms with Crippen LogP contribution >= 0.6 is 11.3 Å². The third-order valence-electron chi connectivity index (χ3n) is 4.72. The molecule has 0 aliphatic heterocycles. The van der Waals surface area contributed by atoms with E-state index in [1.807, 2.05) is 66.9 Å². The fourth-order valence-corrected chi connectivity index (χ4v) is 3.99. The molecule has 0 spiro atoms. The van der Waals surface area contributed by atoms with Gasteiger partial charge in [-0.15, -0.1) is 11.3 Å². The third kappa shape index (κ3) is 3.37. The molecule has 0 radical (unpaired) electrons. The molecule has 0 saturated carbocycles. The molecule has 0 aliphatic carbocycles.